The monoisotopic (exact) mass is 185 g/mol. The first-order valence-electron chi connectivity index (χ1n) is 3.06. The number of sulfonamides is 1. The molecule has 0 aromatic heterocycles. The predicted octanol–water partition coefficient (Wildman–Crippen LogP) is 0.682. The Morgan fingerprint density at radius 1 is 1.60 bits per heavy atom. The number of alkyl halides is 1. The molecule has 0 aliphatic heterocycles. The van der Waals surface area contributed by atoms with Crippen molar-refractivity contribution in [3.63, 3.8) is 0 Å². The van der Waals surface area contributed by atoms with E-state index in [-0.39, 0.29) is 11.1 Å². The summed E-state index contributed by atoms with van der Waals surface area (Å²) in [7, 11) is -3.28. The van der Waals surface area contributed by atoms with E-state index in [1.54, 1.807) is 0 Å². The summed E-state index contributed by atoms with van der Waals surface area (Å²) >= 11 is 5.57. The van der Waals surface area contributed by atoms with E-state index in [1.165, 1.54) is 0 Å². The maximum Gasteiger partial charge on any atom is 0.209 e. The number of primary sulfonamides is 1. The zero-order chi connectivity index (χ0) is 8.20. The highest BCUT2D eigenvalue weighted by atomic mass is 35.5. The molecule has 0 saturated carbocycles. The molecule has 0 aromatic rings. The Labute approximate surface area is 66.6 Å². The lowest BCUT2D eigenvalue weighted by atomic mass is 10.3. The SMILES string of the molecule is CC(Cl)CCCS(N)(=O)=O. The van der Waals surface area contributed by atoms with E-state index >= 15 is 0 Å². The maximum absolute atomic E-state index is 10.3. The van der Waals surface area contributed by atoms with Crippen LogP contribution in [0.5, 0.6) is 0 Å². The molecule has 1 atom stereocenters. The van der Waals surface area contributed by atoms with Crippen LogP contribution in [0.1, 0.15) is 19.8 Å². The van der Waals surface area contributed by atoms with Gasteiger partial charge in [-0.3, -0.25) is 0 Å². The third-order valence-corrected chi connectivity index (χ3v) is 2.11. The molecule has 0 bridgehead atoms. The van der Waals surface area contributed by atoms with Crippen molar-refractivity contribution in [1.29, 1.82) is 0 Å². The highest BCUT2D eigenvalue weighted by Gasteiger charge is 2.03. The topological polar surface area (TPSA) is 60.2 Å². The summed E-state index contributed by atoms with van der Waals surface area (Å²) in [6.07, 6.45) is 1.24. The van der Waals surface area contributed by atoms with Gasteiger partial charge in [-0.05, 0) is 19.8 Å². The summed E-state index contributed by atoms with van der Waals surface area (Å²) < 4.78 is 20.7. The van der Waals surface area contributed by atoms with E-state index < -0.39 is 10.0 Å². The van der Waals surface area contributed by atoms with Gasteiger partial charge in [0, 0.05) is 5.38 Å². The average Bonchev–Trinajstić information content (AvgIpc) is 1.59. The molecule has 0 amide bonds. The minimum absolute atomic E-state index is 0.0294. The van der Waals surface area contributed by atoms with Gasteiger partial charge in [-0.2, -0.15) is 0 Å². The van der Waals surface area contributed by atoms with Gasteiger partial charge in [-0.15, -0.1) is 11.6 Å². The molecular weight excluding hydrogens is 174 g/mol. The standard InChI is InChI=1S/C5H12ClNO2S/c1-5(6)3-2-4-10(7,8)9/h5H,2-4H2,1H3,(H2,7,8,9). The molecule has 2 N–H and O–H groups in total. The second-order valence-corrected chi connectivity index (χ2v) is 4.77. The van der Waals surface area contributed by atoms with Crippen molar-refractivity contribution in [1.82, 2.24) is 0 Å². The van der Waals surface area contributed by atoms with Gasteiger partial charge in [-0.1, -0.05) is 0 Å². The lowest BCUT2D eigenvalue weighted by molar-refractivity contribution is 0.593. The molecule has 0 aliphatic rings. The van der Waals surface area contributed by atoms with Crippen LogP contribution in [0, 0.1) is 0 Å². The fourth-order valence-electron chi connectivity index (χ4n) is 0.566. The molecule has 10 heavy (non-hydrogen) atoms. The van der Waals surface area contributed by atoms with Gasteiger partial charge in [0.25, 0.3) is 0 Å². The van der Waals surface area contributed by atoms with Crippen LogP contribution >= 0.6 is 11.6 Å². The van der Waals surface area contributed by atoms with Crippen LogP contribution in [0.4, 0.5) is 0 Å². The van der Waals surface area contributed by atoms with Crippen LogP contribution < -0.4 is 5.14 Å². The lowest BCUT2D eigenvalue weighted by Crippen LogP contribution is -2.16. The van der Waals surface area contributed by atoms with E-state index in [1.807, 2.05) is 6.92 Å². The van der Waals surface area contributed by atoms with Gasteiger partial charge in [0.05, 0.1) is 5.75 Å². The molecule has 3 nitrogen and oxygen atoms in total. The van der Waals surface area contributed by atoms with Gasteiger partial charge in [0.15, 0.2) is 0 Å². The average molecular weight is 186 g/mol. The van der Waals surface area contributed by atoms with Crippen molar-refractivity contribution >= 4 is 21.6 Å². The van der Waals surface area contributed by atoms with Gasteiger partial charge in [-0.25, -0.2) is 13.6 Å². The quantitative estimate of drug-likeness (QED) is 0.655. The molecule has 0 saturated heterocycles. The maximum atomic E-state index is 10.3. The molecule has 62 valence electrons. The molecule has 1 unspecified atom stereocenters. The number of hydrogen-bond donors (Lipinski definition) is 1. The van der Waals surface area contributed by atoms with Gasteiger partial charge < -0.3 is 0 Å². The summed E-state index contributed by atoms with van der Waals surface area (Å²) in [5, 5.41) is 4.78. The second-order valence-electron chi connectivity index (χ2n) is 2.29. The minimum atomic E-state index is -3.28. The molecule has 0 spiro atoms. The van der Waals surface area contributed by atoms with Crippen LogP contribution in [0.15, 0.2) is 0 Å². The molecule has 0 heterocycles. The van der Waals surface area contributed by atoms with E-state index in [9.17, 15) is 8.42 Å². The van der Waals surface area contributed by atoms with Gasteiger partial charge in [0.2, 0.25) is 10.0 Å². The fraction of sp³-hybridized carbons (Fsp3) is 1.00. The first-order valence-corrected chi connectivity index (χ1v) is 5.21. The van der Waals surface area contributed by atoms with Crippen molar-refractivity contribution < 1.29 is 8.42 Å². The zero-order valence-corrected chi connectivity index (χ0v) is 7.45. The Morgan fingerprint density at radius 2 is 2.10 bits per heavy atom. The van der Waals surface area contributed by atoms with Crippen LogP contribution in [0.2, 0.25) is 0 Å². The number of halogens is 1. The Morgan fingerprint density at radius 3 is 2.40 bits per heavy atom. The van der Waals surface area contributed by atoms with Crippen LogP contribution in [-0.4, -0.2) is 19.5 Å². The molecule has 0 aromatic carbocycles. The number of rotatable bonds is 4. The molecule has 0 aliphatic carbocycles. The largest absolute Gasteiger partial charge is 0.229 e. The van der Waals surface area contributed by atoms with Crippen LogP contribution in [0.25, 0.3) is 0 Å². The Hall–Kier alpha value is 0.200. The number of hydrogen-bond acceptors (Lipinski definition) is 2. The van der Waals surface area contributed by atoms with Crippen LogP contribution in [0.3, 0.4) is 0 Å². The van der Waals surface area contributed by atoms with Crippen molar-refractivity contribution in [2.45, 2.75) is 25.1 Å². The highest BCUT2D eigenvalue weighted by Crippen LogP contribution is 2.03. The van der Waals surface area contributed by atoms with Crippen molar-refractivity contribution in [3.8, 4) is 0 Å². The molecular formula is C5H12ClNO2S. The van der Waals surface area contributed by atoms with E-state index in [0.717, 1.165) is 0 Å². The summed E-state index contributed by atoms with van der Waals surface area (Å²) in [5.74, 6) is 0.0318. The summed E-state index contributed by atoms with van der Waals surface area (Å²) in [4.78, 5) is 0. The minimum Gasteiger partial charge on any atom is -0.229 e. The summed E-state index contributed by atoms with van der Waals surface area (Å²) in [5.41, 5.74) is 0. The molecule has 5 heteroatoms. The predicted molar refractivity (Wildman–Crippen MR) is 42.5 cm³/mol. The highest BCUT2D eigenvalue weighted by molar-refractivity contribution is 7.89. The van der Waals surface area contributed by atoms with Gasteiger partial charge in [0.1, 0.15) is 0 Å². The normalized spacial score (nSPS) is 15.1. The Kier molecular flexibility index (Phi) is 4.24. The van der Waals surface area contributed by atoms with Gasteiger partial charge >= 0.3 is 0 Å². The summed E-state index contributed by atoms with van der Waals surface area (Å²) in [6.45, 7) is 1.82. The fourth-order valence-corrected chi connectivity index (χ4v) is 1.29. The van der Waals surface area contributed by atoms with Crippen LogP contribution in [-0.2, 0) is 10.0 Å². The van der Waals surface area contributed by atoms with Crippen molar-refractivity contribution in [2.24, 2.45) is 5.14 Å². The second kappa shape index (κ2) is 4.16. The smallest absolute Gasteiger partial charge is 0.209 e. The Balaban J connectivity index is 3.39. The molecule has 0 radical (unpaired) electrons. The first kappa shape index (κ1) is 10.2. The third-order valence-electron chi connectivity index (χ3n) is 1.03. The molecule has 0 rings (SSSR count). The summed E-state index contributed by atoms with van der Waals surface area (Å²) in [6, 6.07) is 0. The third kappa shape index (κ3) is 8.20. The Bertz CT molecular complexity index is 176. The zero-order valence-electron chi connectivity index (χ0n) is 5.88. The van der Waals surface area contributed by atoms with E-state index in [0.29, 0.717) is 12.8 Å². The van der Waals surface area contributed by atoms with Crippen molar-refractivity contribution in [3.05, 3.63) is 0 Å². The molecule has 0 fully saturated rings. The first-order chi connectivity index (χ1) is 4.42. The van der Waals surface area contributed by atoms with E-state index in [2.05, 4.69) is 0 Å². The van der Waals surface area contributed by atoms with E-state index in [4.69, 9.17) is 16.7 Å². The lowest BCUT2D eigenvalue weighted by Gasteiger charge is -1.99. The van der Waals surface area contributed by atoms with Crippen molar-refractivity contribution in [2.75, 3.05) is 5.75 Å². The number of nitrogens with two attached hydrogens (primary N) is 1.